The predicted octanol–water partition coefficient (Wildman–Crippen LogP) is 4.22. The highest BCUT2D eigenvalue weighted by atomic mass is 16.2. The van der Waals surface area contributed by atoms with Crippen LogP contribution in [0.3, 0.4) is 0 Å². The lowest BCUT2D eigenvalue weighted by Crippen LogP contribution is -2.60. The molecule has 0 spiro atoms. The molecule has 4 nitrogen and oxygen atoms in total. The van der Waals surface area contributed by atoms with Crippen LogP contribution in [0.2, 0.25) is 0 Å². The minimum atomic E-state index is -0.451. The van der Waals surface area contributed by atoms with E-state index >= 15 is 0 Å². The first kappa shape index (κ1) is 18.7. The molecular weight excluding hydrogens is 374 g/mol. The molecule has 5 rings (SSSR count). The van der Waals surface area contributed by atoms with Crippen LogP contribution in [-0.2, 0) is 14.4 Å². The molecule has 30 heavy (non-hydrogen) atoms. The van der Waals surface area contributed by atoms with Gasteiger partial charge in [-0.25, -0.2) is 0 Å². The van der Waals surface area contributed by atoms with Crippen LogP contribution in [0.1, 0.15) is 23.6 Å². The van der Waals surface area contributed by atoms with Gasteiger partial charge in [-0.05, 0) is 43.2 Å². The fourth-order valence-electron chi connectivity index (χ4n) is 5.23. The van der Waals surface area contributed by atoms with Crippen LogP contribution in [0, 0.1) is 30.6 Å². The number of anilines is 1. The molecule has 0 saturated carbocycles. The molecule has 0 N–H and O–H groups in total. The molecule has 1 fully saturated rings. The van der Waals surface area contributed by atoms with E-state index in [1.165, 1.54) is 12.2 Å². The molecular formula is C26H23NO3. The van der Waals surface area contributed by atoms with Crippen molar-refractivity contribution < 1.29 is 14.4 Å². The van der Waals surface area contributed by atoms with E-state index in [4.69, 9.17) is 0 Å². The lowest BCUT2D eigenvalue weighted by atomic mass is 9.61. The average Bonchev–Trinajstić information content (AvgIpc) is 2.76. The van der Waals surface area contributed by atoms with Gasteiger partial charge in [-0.15, -0.1) is 0 Å². The van der Waals surface area contributed by atoms with Gasteiger partial charge in [0, 0.05) is 23.4 Å². The second-order valence-corrected chi connectivity index (χ2v) is 8.44. The highest BCUT2D eigenvalue weighted by Gasteiger charge is 2.56. The Morgan fingerprint density at radius 2 is 1.53 bits per heavy atom. The molecule has 2 aromatic carbocycles. The highest BCUT2D eigenvalue weighted by molar-refractivity contribution is 6.09. The van der Waals surface area contributed by atoms with Crippen molar-refractivity contribution in [2.75, 3.05) is 4.90 Å². The van der Waals surface area contributed by atoms with Crippen LogP contribution in [0.5, 0.6) is 0 Å². The lowest BCUT2D eigenvalue weighted by Gasteiger charge is -2.52. The largest absolute Gasteiger partial charge is 0.304 e. The molecule has 5 atom stereocenters. The Kier molecular flexibility index (Phi) is 4.50. The Bertz CT molecular complexity index is 1070. The molecule has 4 heteroatoms. The molecule has 1 heterocycles. The molecule has 3 aliphatic rings. The number of allylic oxidation sites excluding steroid dienone is 4. The van der Waals surface area contributed by atoms with Gasteiger partial charge in [0.2, 0.25) is 5.91 Å². The van der Waals surface area contributed by atoms with Crippen LogP contribution in [0.4, 0.5) is 5.69 Å². The number of hydrogen-bond donors (Lipinski definition) is 0. The zero-order valence-electron chi connectivity index (χ0n) is 16.8. The van der Waals surface area contributed by atoms with Gasteiger partial charge < -0.3 is 4.90 Å². The third kappa shape index (κ3) is 2.86. The van der Waals surface area contributed by atoms with E-state index in [0.29, 0.717) is 6.42 Å². The van der Waals surface area contributed by atoms with Crippen molar-refractivity contribution in [1.82, 2.24) is 0 Å². The third-order valence-electron chi connectivity index (χ3n) is 6.71. The molecule has 1 saturated heterocycles. The van der Waals surface area contributed by atoms with E-state index in [9.17, 15) is 14.4 Å². The minimum Gasteiger partial charge on any atom is -0.304 e. The van der Waals surface area contributed by atoms with E-state index in [1.54, 1.807) is 0 Å². The zero-order valence-corrected chi connectivity index (χ0v) is 16.8. The van der Waals surface area contributed by atoms with Crippen molar-refractivity contribution in [1.29, 1.82) is 0 Å². The van der Waals surface area contributed by atoms with Gasteiger partial charge in [0.25, 0.3) is 0 Å². The van der Waals surface area contributed by atoms with Crippen molar-refractivity contribution in [2.45, 2.75) is 19.4 Å². The second kappa shape index (κ2) is 7.21. The van der Waals surface area contributed by atoms with Crippen molar-refractivity contribution in [3.63, 3.8) is 0 Å². The van der Waals surface area contributed by atoms with Crippen molar-refractivity contribution in [2.24, 2.45) is 23.7 Å². The average molecular weight is 397 g/mol. The standard InChI is InChI=1S/C26H23NO3/c1-16-10-12-18(13-11-16)27-25(17-6-3-2-4-7-17)24(26(27)30)20-9-5-8-19-21(28)14-15-22(29)23(19)20/h2-7,9-15,19-20,23-25H,8H2,1H3/t19-,20-,23+,24-,25-/m1/s1. The monoisotopic (exact) mass is 397 g/mol. The summed E-state index contributed by atoms with van der Waals surface area (Å²) in [6, 6.07) is 17.7. The fraction of sp³-hybridized carbons (Fsp3) is 0.269. The number of carbonyl (C=O) groups is 3. The normalized spacial score (nSPS) is 30.2. The first-order valence-electron chi connectivity index (χ1n) is 10.4. The molecule has 150 valence electrons. The molecule has 1 amide bonds. The summed E-state index contributed by atoms with van der Waals surface area (Å²) in [5.41, 5.74) is 3.04. The molecule has 0 aromatic heterocycles. The van der Waals surface area contributed by atoms with E-state index in [1.807, 2.05) is 78.6 Å². The van der Waals surface area contributed by atoms with Crippen molar-refractivity contribution in [3.05, 3.63) is 90.0 Å². The van der Waals surface area contributed by atoms with Gasteiger partial charge in [0.1, 0.15) is 0 Å². The van der Waals surface area contributed by atoms with E-state index < -0.39 is 5.92 Å². The molecule has 0 unspecified atom stereocenters. The number of benzene rings is 2. The summed E-state index contributed by atoms with van der Waals surface area (Å²) in [5.74, 6) is -1.47. The van der Waals surface area contributed by atoms with E-state index in [0.717, 1.165) is 16.8 Å². The van der Waals surface area contributed by atoms with Crippen LogP contribution in [0.25, 0.3) is 0 Å². The summed E-state index contributed by atoms with van der Waals surface area (Å²) in [5, 5.41) is 0. The van der Waals surface area contributed by atoms with Crippen molar-refractivity contribution in [3.8, 4) is 0 Å². The zero-order chi connectivity index (χ0) is 20.8. The van der Waals surface area contributed by atoms with Crippen LogP contribution in [-0.4, -0.2) is 17.5 Å². The maximum atomic E-state index is 13.5. The number of nitrogens with zero attached hydrogens (tertiary/aromatic N) is 1. The van der Waals surface area contributed by atoms with Crippen LogP contribution in [0.15, 0.2) is 78.9 Å². The van der Waals surface area contributed by atoms with Crippen molar-refractivity contribution >= 4 is 23.2 Å². The first-order valence-corrected chi connectivity index (χ1v) is 10.4. The number of hydrogen-bond acceptors (Lipinski definition) is 3. The highest BCUT2D eigenvalue weighted by Crippen LogP contribution is 2.52. The third-order valence-corrected chi connectivity index (χ3v) is 6.71. The number of fused-ring (bicyclic) bond motifs is 1. The van der Waals surface area contributed by atoms with Gasteiger partial charge in [0.05, 0.1) is 12.0 Å². The Hall–Kier alpha value is -3.27. The topological polar surface area (TPSA) is 54.5 Å². The lowest BCUT2D eigenvalue weighted by molar-refractivity contribution is -0.139. The quantitative estimate of drug-likeness (QED) is 0.576. The summed E-state index contributed by atoms with van der Waals surface area (Å²) < 4.78 is 0. The van der Waals surface area contributed by atoms with Gasteiger partial charge in [-0.3, -0.25) is 14.4 Å². The number of rotatable bonds is 3. The Balaban J connectivity index is 1.56. The Morgan fingerprint density at radius 1 is 0.833 bits per heavy atom. The SMILES string of the molecule is Cc1ccc(N2C(=O)[C@H]([C@@H]3C=CC[C@@H]4C(=O)C=CC(=O)[C@H]34)[C@H]2c2ccccc2)cc1. The number of carbonyl (C=O) groups excluding carboxylic acids is 3. The summed E-state index contributed by atoms with van der Waals surface area (Å²) in [4.78, 5) is 40.5. The summed E-state index contributed by atoms with van der Waals surface area (Å²) >= 11 is 0. The molecule has 1 aliphatic heterocycles. The molecule has 2 aliphatic carbocycles. The van der Waals surface area contributed by atoms with Gasteiger partial charge >= 0.3 is 0 Å². The predicted molar refractivity (Wildman–Crippen MR) is 115 cm³/mol. The number of ketones is 2. The summed E-state index contributed by atoms with van der Waals surface area (Å²) in [7, 11) is 0. The molecule has 0 radical (unpaired) electrons. The second-order valence-electron chi connectivity index (χ2n) is 8.44. The summed E-state index contributed by atoms with van der Waals surface area (Å²) in [6.45, 7) is 2.02. The number of β-lactam (4-membered cyclic amide) rings is 1. The summed E-state index contributed by atoms with van der Waals surface area (Å²) in [6.07, 6.45) is 7.33. The Morgan fingerprint density at radius 3 is 2.27 bits per heavy atom. The fourth-order valence-corrected chi connectivity index (χ4v) is 5.23. The maximum absolute atomic E-state index is 13.5. The van der Waals surface area contributed by atoms with Gasteiger partial charge in [-0.1, -0.05) is 60.2 Å². The van der Waals surface area contributed by atoms with Crippen LogP contribution >= 0.6 is 0 Å². The number of amides is 1. The number of aryl methyl sites for hydroxylation is 1. The van der Waals surface area contributed by atoms with Crippen LogP contribution < -0.4 is 4.90 Å². The smallest absolute Gasteiger partial charge is 0.233 e. The first-order chi connectivity index (χ1) is 14.6. The van der Waals surface area contributed by atoms with E-state index in [2.05, 4.69) is 0 Å². The minimum absolute atomic E-state index is 0.00706. The Labute approximate surface area is 175 Å². The van der Waals surface area contributed by atoms with E-state index in [-0.39, 0.29) is 41.3 Å². The van der Waals surface area contributed by atoms with Gasteiger partial charge in [0.15, 0.2) is 11.6 Å². The molecule has 0 bridgehead atoms. The molecule has 2 aromatic rings. The van der Waals surface area contributed by atoms with Gasteiger partial charge in [-0.2, -0.15) is 0 Å². The maximum Gasteiger partial charge on any atom is 0.233 e.